The van der Waals surface area contributed by atoms with E-state index in [0.717, 1.165) is 12.0 Å². The van der Waals surface area contributed by atoms with E-state index in [-0.39, 0.29) is 11.2 Å². The predicted octanol–water partition coefficient (Wildman–Crippen LogP) is 1.74. The van der Waals surface area contributed by atoms with Gasteiger partial charge in [-0.1, -0.05) is 31.2 Å². The first-order valence-electron chi connectivity index (χ1n) is 6.41. The van der Waals surface area contributed by atoms with Crippen molar-refractivity contribution in [1.29, 1.82) is 0 Å². The van der Waals surface area contributed by atoms with Crippen molar-refractivity contribution in [1.82, 2.24) is 14.8 Å². The Morgan fingerprint density at radius 3 is 2.25 bits per heavy atom. The first kappa shape index (κ1) is 14.7. The Labute approximate surface area is 118 Å². The van der Waals surface area contributed by atoms with Crippen molar-refractivity contribution in [2.75, 3.05) is 0 Å². The van der Waals surface area contributed by atoms with Crippen LogP contribution in [0.15, 0.2) is 29.4 Å². The number of aromatic nitrogens is 3. The van der Waals surface area contributed by atoms with Crippen molar-refractivity contribution in [3.05, 3.63) is 29.8 Å². The topological polar surface area (TPSA) is 90.9 Å². The van der Waals surface area contributed by atoms with Crippen molar-refractivity contribution >= 4 is 10.0 Å². The average Bonchev–Trinajstić information content (AvgIpc) is 2.83. The number of primary sulfonamides is 1. The van der Waals surface area contributed by atoms with Gasteiger partial charge in [0, 0.05) is 11.6 Å². The normalized spacial score (nSPS) is 12.1. The average molecular weight is 294 g/mol. The van der Waals surface area contributed by atoms with Gasteiger partial charge in [-0.2, -0.15) is 0 Å². The number of nitrogens with zero attached hydrogens (tertiary/aromatic N) is 3. The van der Waals surface area contributed by atoms with Gasteiger partial charge < -0.3 is 0 Å². The molecule has 20 heavy (non-hydrogen) atoms. The van der Waals surface area contributed by atoms with Crippen molar-refractivity contribution in [2.24, 2.45) is 5.14 Å². The van der Waals surface area contributed by atoms with E-state index in [0.29, 0.717) is 5.82 Å². The highest BCUT2D eigenvalue weighted by atomic mass is 32.2. The maximum absolute atomic E-state index is 11.6. The summed E-state index contributed by atoms with van der Waals surface area (Å²) in [7, 11) is -3.89. The first-order valence-corrected chi connectivity index (χ1v) is 7.96. The zero-order valence-corrected chi connectivity index (χ0v) is 12.6. The molecule has 2 rings (SSSR count). The summed E-state index contributed by atoms with van der Waals surface area (Å²) >= 11 is 0. The van der Waals surface area contributed by atoms with E-state index in [1.165, 1.54) is 10.1 Å². The Hall–Kier alpha value is -1.73. The van der Waals surface area contributed by atoms with Gasteiger partial charge >= 0.3 is 0 Å². The SMILES string of the molecule is CCc1ccc(-c2nnc(S(N)(=O)=O)n2C(C)C)cc1. The Morgan fingerprint density at radius 2 is 1.80 bits per heavy atom. The fourth-order valence-electron chi connectivity index (χ4n) is 2.02. The van der Waals surface area contributed by atoms with Crippen LogP contribution in [0.4, 0.5) is 0 Å². The van der Waals surface area contributed by atoms with Crippen LogP contribution in [0.25, 0.3) is 11.4 Å². The van der Waals surface area contributed by atoms with Gasteiger partial charge in [0.15, 0.2) is 5.82 Å². The van der Waals surface area contributed by atoms with E-state index >= 15 is 0 Å². The van der Waals surface area contributed by atoms with Gasteiger partial charge in [0.05, 0.1) is 0 Å². The molecule has 0 spiro atoms. The van der Waals surface area contributed by atoms with E-state index in [9.17, 15) is 8.42 Å². The minimum atomic E-state index is -3.89. The molecular formula is C13H18N4O2S. The van der Waals surface area contributed by atoms with Gasteiger partial charge in [0.1, 0.15) is 0 Å². The van der Waals surface area contributed by atoms with E-state index in [1.54, 1.807) is 0 Å². The van der Waals surface area contributed by atoms with E-state index in [4.69, 9.17) is 5.14 Å². The van der Waals surface area contributed by atoms with Gasteiger partial charge in [-0.25, -0.2) is 13.6 Å². The molecule has 1 aromatic carbocycles. The maximum atomic E-state index is 11.6. The molecule has 0 unspecified atom stereocenters. The number of nitrogens with two attached hydrogens (primary N) is 1. The molecule has 0 radical (unpaired) electrons. The van der Waals surface area contributed by atoms with Crippen molar-refractivity contribution in [2.45, 2.75) is 38.4 Å². The van der Waals surface area contributed by atoms with Crippen molar-refractivity contribution < 1.29 is 8.42 Å². The van der Waals surface area contributed by atoms with Gasteiger partial charge in [-0.15, -0.1) is 10.2 Å². The molecule has 0 aliphatic heterocycles. The molecular weight excluding hydrogens is 276 g/mol. The van der Waals surface area contributed by atoms with Gasteiger partial charge in [-0.05, 0) is 25.8 Å². The minimum absolute atomic E-state index is 0.112. The monoisotopic (exact) mass is 294 g/mol. The molecule has 0 saturated heterocycles. The molecule has 0 aliphatic carbocycles. The molecule has 7 heteroatoms. The van der Waals surface area contributed by atoms with Gasteiger partial charge in [0.25, 0.3) is 15.2 Å². The van der Waals surface area contributed by atoms with Crippen LogP contribution in [0.2, 0.25) is 0 Å². The fraction of sp³-hybridized carbons (Fsp3) is 0.385. The third-order valence-corrected chi connectivity index (χ3v) is 3.84. The number of benzene rings is 1. The molecule has 6 nitrogen and oxygen atoms in total. The predicted molar refractivity (Wildman–Crippen MR) is 76.6 cm³/mol. The summed E-state index contributed by atoms with van der Waals surface area (Å²) in [6, 6.07) is 7.69. The molecule has 0 bridgehead atoms. The zero-order valence-electron chi connectivity index (χ0n) is 11.7. The molecule has 0 fully saturated rings. The molecule has 2 aromatic rings. The Balaban J connectivity index is 2.59. The Bertz CT molecular complexity index is 702. The summed E-state index contributed by atoms with van der Waals surface area (Å²) in [5.41, 5.74) is 2.02. The van der Waals surface area contributed by atoms with Crippen LogP contribution in [0.3, 0.4) is 0 Å². The molecule has 0 atom stereocenters. The highest BCUT2D eigenvalue weighted by molar-refractivity contribution is 7.89. The smallest absolute Gasteiger partial charge is 0.273 e. The Kier molecular flexibility index (Phi) is 3.92. The fourth-order valence-corrected chi connectivity index (χ4v) is 2.75. The summed E-state index contributed by atoms with van der Waals surface area (Å²) < 4.78 is 24.7. The highest BCUT2D eigenvalue weighted by Crippen LogP contribution is 2.24. The van der Waals surface area contributed by atoms with Crippen LogP contribution in [0.1, 0.15) is 32.4 Å². The quantitative estimate of drug-likeness (QED) is 0.929. The lowest BCUT2D eigenvalue weighted by atomic mass is 10.1. The molecule has 1 heterocycles. The van der Waals surface area contributed by atoms with Crippen LogP contribution in [0.5, 0.6) is 0 Å². The van der Waals surface area contributed by atoms with Gasteiger partial charge in [0.2, 0.25) is 0 Å². The maximum Gasteiger partial charge on any atom is 0.273 e. The van der Waals surface area contributed by atoms with E-state index in [1.807, 2.05) is 38.1 Å². The standard InChI is InChI=1S/C13H18N4O2S/c1-4-10-5-7-11(8-6-10)12-15-16-13(20(14,18)19)17(12)9(2)3/h5-9H,4H2,1-3H3,(H2,14,18,19). The summed E-state index contributed by atoms with van der Waals surface area (Å²) in [4.78, 5) is 0. The number of sulfonamides is 1. The number of hydrogen-bond acceptors (Lipinski definition) is 4. The number of hydrogen-bond donors (Lipinski definition) is 1. The summed E-state index contributed by atoms with van der Waals surface area (Å²) in [5, 5.41) is 12.7. The van der Waals surface area contributed by atoms with Crippen LogP contribution < -0.4 is 5.14 Å². The second kappa shape index (κ2) is 5.34. The second-order valence-corrected chi connectivity index (χ2v) is 6.32. The van der Waals surface area contributed by atoms with Crippen LogP contribution in [-0.4, -0.2) is 23.2 Å². The van der Waals surface area contributed by atoms with E-state index < -0.39 is 10.0 Å². The van der Waals surface area contributed by atoms with Crippen molar-refractivity contribution in [3.8, 4) is 11.4 Å². The lowest BCUT2D eigenvalue weighted by Gasteiger charge is -2.13. The summed E-state index contributed by atoms with van der Waals surface area (Å²) in [6.45, 7) is 5.80. The molecule has 0 saturated carbocycles. The molecule has 0 amide bonds. The summed E-state index contributed by atoms with van der Waals surface area (Å²) in [5.74, 6) is 0.506. The second-order valence-electron chi connectivity index (χ2n) is 4.87. The van der Waals surface area contributed by atoms with Crippen molar-refractivity contribution in [3.63, 3.8) is 0 Å². The van der Waals surface area contributed by atoms with Crippen LogP contribution in [-0.2, 0) is 16.4 Å². The number of aryl methyl sites for hydroxylation is 1. The zero-order chi connectivity index (χ0) is 14.9. The Morgan fingerprint density at radius 1 is 1.20 bits per heavy atom. The van der Waals surface area contributed by atoms with Gasteiger partial charge in [-0.3, -0.25) is 4.57 Å². The largest absolute Gasteiger partial charge is 0.294 e. The third kappa shape index (κ3) is 2.73. The molecule has 2 N–H and O–H groups in total. The minimum Gasteiger partial charge on any atom is -0.294 e. The first-order chi connectivity index (χ1) is 9.34. The van der Waals surface area contributed by atoms with E-state index in [2.05, 4.69) is 17.1 Å². The lowest BCUT2D eigenvalue weighted by molar-refractivity contribution is 0.524. The molecule has 1 aromatic heterocycles. The molecule has 108 valence electrons. The third-order valence-electron chi connectivity index (χ3n) is 3.06. The highest BCUT2D eigenvalue weighted by Gasteiger charge is 2.23. The lowest BCUT2D eigenvalue weighted by Crippen LogP contribution is -2.20. The molecule has 0 aliphatic rings. The summed E-state index contributed by atoms with van der Waals surface area (Å²) in [6.07, 6.45) is 0.944. The number of rotatable bonds is 4. The van der Waals surface area contributed by atoms with Crippen LogP contribution >= 0.6 is 0 Å². The van der Waals surface area contributed by atoms with Crippen LogP contribution in [0, 0.1) is 0 Å².